The van der Waals surface area contributed by atoms with E-state index < -0.39 is 0 Å². The summed E-state index contributed by atoms with van der Waals surface area (Å²) in [5.41, 5.74) is 7.24. The van der Waals surface area contributed by atoms with Gasteiger partial charge in [0.2, 0.25) is 5.91 Å². The average Bonchev–Trinajstić information content (AvgIpc) is 2.45. The van der Waals surface area contributed by atoms with Crippen LogP contribution in [0.15, 0.2) is 30.3 Å². The van der Waals surface area contributed by atoms with Crippen molar-refractivity contribution in [1.29, 1.82) is 0 Å². The van der Waals surface area contributed by atoms with Crippen LogP contribution >= 0.6 is 0 Å². The first-order valence-electron chi connectivity index (χ1n) is 8.06. The van der Waals surface area contributed by atoms with Gasteiger partial charge in [0.05, 0.1) is 5.92 Å². The Kier molecular flexibility index (Phi) is 7.56. The van der Waals surface area contributed by atoms with E-state index in [4.69, 9.17) is 5.73 Å². The lowest BCUT2D eigenvalue weighted by Gasteiger charge is -2.27. The number of likely N-dealkylation sites (N-methyl/N-ethyl adjacent to an activating group) is 1. The molecule has 0 aliphatic carbocycles. The van der Waals surface area contributed by atoms with Crippen molar-refractivity contribution >= 4 is 5.91 Å². The van der Waals surface area contributed by atoms with Crippen LogP contribution in [0.25, 0.3) is 0 Å². The zero-order valence-corrected chi connectivity index (χ0v) is 14.5. The second-order valence-corrected chi connectivity index (χ2v) is 6.82. The molecule has 0 radical (unpaired) electrons. The molecule has 0 fully saturated rings. The maximum Gasteiger partial charge on any atom is 0.225 e. The third-order valence-electron chi connectivity index (χ3n) is 3.82. The average molecular weight is 305 g/mol. The molecule has 3 atom stereocenters. The molecule has 1 aromatic carbocycles. The Morgan fingerprint density at radius 3 is 2.27 bits per heavy atom. The zero-order valence-electron chi connectivity index (χ0n) is 14.5. The Hall–Kier alpha value is -1.39. The summed E-state index contributed by atoms with van der Waals surface area (Å²) in [5, 5.41) is 3.17. The van der Waals surface area contributed by atoms with Crippen molar-refractivity contribution in [2.45, 2.75) is 39.3 Å². The summed E-state index contributed by atoms with van der Waals surface area (Å²) in [4.78, 5) is 14.6. The summed E-state index contributed by atoms with van der Waals surface area (Å²) in [6, 6.07) is 9.69. The van der Waals surface area contributed by atoms with Gasteiger partial charge >= 0.3 is 0 Å². The summed E-state index contributed by atoms with van der Waals surface area (Å²) in [6.07, 6.45) is 0.969. The van der Waals surface area contributed by atoms with Crippen LogP contribution < -0.4 is 11.1 Å². The van der Waals surface area contributed by atoms with E-state index in [2.05, 4.69) is 24.1 Å². The van der Waals surface area contributed by atoms with E-state index in [1.807, 2.05) is 51.4 Å². The van der Waals surface area contributed by atoms with Crippen molar-refractivity contribution in [2.75, 3.05) is 20.6 Å². The van der Waals surface area contributed by atoms with E-state index in [1.165, 1.54) is 0 Å². The third kappa shape index (κ3) is 6.16. The topological polar surface area (TPSA) is 58.4 Å². The van der Waals surface area contributed by atoms with Gasteiger partial charge in [-0.2, -0.15) is 0 Å². The maximum atomic E-state index is 12.5. The molecule has 0 spiro atoms. The van der Waals surface area contributed by atoms with Gasteiger partial charge in [0, 0.05) is 18.6 Å². The molecule has 124 valence electrons. The van der Waals surface area contributed by atoms with Gasteiger partial charge in [-0.05, 0) is 32.0 Å². The SMILES string of the molecule is CC(C)CC(CN(C)C)NC(=O)C(C)C(N)c1ccccc1. The van der Waals surface area contributed by atoms with Crippen molar-refractivity contribution in [2.24, 2.45) is 17.6 Å². The smallest absolute Gasteiger partial charge is 0.225 e. The molecule has 0 aliphatic heterocycles. The standard InChI is InChI=1S/C18H31N3O/c1-13(2)11-16(12-21(4)5)20-18(22)14(3)17(19)15-9-7-6-8-10-15/h6-10,13-14,16-17H,11-12,19H2,1-5H3,(H,20,22). The fraction of sp³-hybridized carbons (Fsp3) is 0.611. The second-order valence-electron chi connectivity index (χ2n) is 6.82. The highest BCUT2D eigenvalue weighted by Crippen LogP contribution is 2.19. The summed E-state index contributed by atoms with van der Waals surface area (Å²) in [6.45, 7) is 7.09. The monoisotopic (exact) mass is 305 g/mol. The molecule has 1 aromatic rings. The lowest BCUT2D eigenvalue weighted by Crippen LogP contribution is -2.46. The molecule has 0 saturated carbocycles. The number of hydrogen-bond acceptors (Lipinski definition) is 3. The molecule has 1 rings (SSSR count). The van der Waals surface area contributed by atoms with Gasteiger partial charge in [0.25, 0.3) is 0 Å². The number of benzene rings is 1. The van der Waals surface area contributed by atoms with E-state index in [0.29, 0.717) is 5.92 Å². The molecule has 3 unspecified atom stereocenters. The molecule has 4 nitrogen and oxygen atoms in total. The van der Waals surface area contributed by atoms with E-state index in [-0.39, 0.29) is 23.9 Å². The molecular formula is C18H31N3O. The minimum absolute atomic E-state index is 0.0313. The van der Waals surface area contributed by atoms with Crippen molar-refractivity contribution in [3.63, 3.8) is 0 Å². The number of nitrogens with two attached hydrogens (primary N) is 1. The number of rotatable bonds is 8. The molecule has 0 saturated heterocycles. The predicted octanol–water partition coefficient (Wildman–Crippen LogP) is 2.42. The third-order valence-corrected chi connectivity index (χ3v) is 3.82. The van der Waals surface area contributed by atoms with Crippen LogP contribution in [0, 0.1) is 11.8 Å². The van der Waals surface area contributed by atoms with E-state index in [1.54, 1.807) is 0 Å². The largest absolute Gasteiger partial charge is 0.352 e. The normalized spacial score (nSPS) is 15.6. The number of carbonyl (C=O) groups is 1. The number of carbonyl (C=O) groups excluding carboxylic acids is 1. The summed E-state index contributed by atoms with van der Waals surface area (Å²) >= 11 is 0. The van der Waals surface area contributed by atoms with Crippen molar-refractivity contribution in [3.05, 3.63) is 35.9 Å². The minimum Gasteiger partial charge on any atom is -0.352 e. The number of nitrogens with zero attached hydrogens (tertiary/aromatic N) is 1. The lowest BCUT2D eigenvalue weighted by atomic mass is 9.94. The molecular weight excluding hydrogens is 274 g/mol. The molecule has 0 aliphatic rings. The summed E-state index contributed by atoms with van der Waals surface area (Å²) < 4.78 is 0. The second kappa shape index (κ2) is 8.91. The quantitative estimate of drug-likeness (QED) is 0.775. The van der Waals surface area contributed by atoms with Gasteiger partial charge in [0.15, 0.2) is 0 Å². The number of amides is 1. The Balaban J connectivity index is 2.67. The highest BCUT2D eigenvalue weighted by Gasteiger charge is 2.24. The highest BCUT2D eigenvalue weighted by molar-refractivity contribution is 5.79. The molecule has 22 heavy (non-hydrogen) atoms. The first-order valence-corrected chi connectivity index (χ1v) is 8.06. The van der Waals surface area contributed by atoms with Crippen molar-refractivity contribution in [1.82, 2.24) is 10.2 Å². The molecule has 4 heteroatoms. The van der Waals surface area contributed by atoms with Gasteiger partial charge < -0.3 is 16.0 Å². The summed E-state index contributed by atoms with van der Waals surface area (Å²) in [5.74, 6) is 0.325. The Morgan fingerprint density at radius 2 is 1.77 bits per heavy atom. The van der Waals surface area contributed by atoms with Crippen LogP contribution in [-0.2, 0) is 4.79 Å². The predicted molar refractivity (Wildman–Crippen MR) is 92.5 cm³/mol. The fourth-order valence-electron chi connectivity index (χ4n) is 2.65. The van der Waals surface area contributed by atoms with E-state index in [0.717, 1.165) is 18.5 Å². The fourth-order valence-corrected chi connectivity index (χ4v) is 2.65. The maximum absolute atomic E-state index is 12.5. The van der Waals surface area contributed by atoms with E-state index >= 15 is 0 Å². The van der Waals surface area contributed by atoms with Crippen LogP contribution in [-0.4, -0.2) is 37.5 Å². The van der Waals surface area contributed by atoms with Gasteiger partial charge in [-0.15, -0.1) is 0 Å². The number of hydrogen-bond donors (Lipinski definition) is 2. The van der Waals surface area contributed by atoms with Crippen LogP contribution in [0.4, 0.5) is 0 Å². The number of nitrogens with one attached hydrogen (secondary N) is 1. The first-order chi connectivity index (χ1) is 10.3. The Labute approximate surface area is 135 Å². The molecule has 0 bridgehead atoms. The highest BCUT2D eigenvalue weighted by atomic mass is 16.2. The van der Waals surface area contributed by atoms with Crippen LogP contribution in [0.1, 0.15) is 38.8 Å². The van der Waals surface area contributed by atoms with Crippen LogP contribution in [0.2, 0.25) is 0 Å². The molecule has 1 amide bonds. The van der Waals surface area contributed by atoms with Gasteiger partial charge in [-0.3, -0.25) is 4.79 Å². The molecule has 3 N–H and O–H groups in total. The van der Waals surface area contributed by atoms with E-state index in [9.17, 15) is 4.79 Å². The Morgan fingerprint density at radius 1 is 1.18 bits per heavy atom. The zero-order chi connectivity index (χ0) is 16.7. The molecule has 0 heterocycles. The van der Waals surface area contributed by atoms with Crippen molar-refractivity contribution in [3.8, 4) is 0 Å². The van der Waals surface area contributed by atoms with Gasteiger partial charge in [-0.25, -0.2) is 0 Å². The van der Waals surface area contributed by atoms with Crippen LogP contribution in [0.3, 0.4) is 0 Å². The summed E-state index contributed by atoms with van der Waals surface area (Å²) in [7, 11) is 4.05. The van der Waals surface area contributed by atoms with Crippen molar-refractivity contribution < 1.29 is 4.79 Å². The van der Waals surface area contributed by atoms with Crippen LogP contribution in [0.5, 0.6) is 0 Å². The Bertz CT molecular complexity index is 435. The first kappa shape index (κ1) is 18.7. The van der Waals surface area contributed by atoms with Gasteiger partial charge in [-0.1, -0.05) is 51.1 Å². The lowest BCUT2D eigenvalue weighted by molar-refractivity contribution is -0.126. The van der Waals surface area contributed by atoms with Gasteiger partial charge in [0.1, 0.15) is 0 Å². The molecule has 0 aromatic heterocycles. The minimum atomic E-state index is -0.278.